The molecule has 188 valence electrons. The summed E-state index contributed by atoms with van der Waals surface area (Å²) in [6.07, 6.45) is 4.75. The van der Waals surface area contributed by atoms with Gasteiger partial charge in [0.05, 0.1) is 23.9 Å². The van der Waals surface area contributed by atoms with Crippen LogP contribution in [0.25, 0.3) is 11.3 Å². The maximum atomic E-state index is 11.5. The van der Waals surface area contributed by atoms with Gasteiger partial charge in [-0.2, -0.15) is 0 Å². The first kappa shape index (κ1) is 25.4. The lowest BCUT2D eigenvalue weighted by atomic mass is 9.86. The molecule has 0 amide bonds. The quantitative estimate of drug-likeness (QED) is 0.335. The summed E-state index contributed by atoms with van der Waals surface area (Å²) in [6, 6.07) is 16.8. The van der Waals surface area contributed by atoms with Gasteiger partial charge < -0.3 is 14.9 Å². The Balaban J connectivity index is 1.56. The van der Waals surface area contributed by atoms with Crippen molar-refractivity contribution in [3.05, 3.63) is 83.0 Å². The Morgan fingerprint density at radius 1 is 1.06 bits per heavy atom. The summed E-state index contributed by atoms with van der Waals surface area (Å²) < 4.78 is 6.12. The third-order valence-corrected chi connectivity index (χ3v) is 6.42. The van der Waals surface area contributed by atoms with Gasteiger partial charge in [0, 0.05) is 5.56 Å². The molecule has 1 unspecified atom stereocenters. The number of carbonyl (C=O) groups is 2. The number of carboxylic acid groups (broad SMARTS) is 2. The van der Waals surface area contributed by atoms with Crippen molar-refractivity contribution in [1.29, 1.82) is 0 Å². The SMILES string of the molecule is CC(C)(C)Cc1cc(OCc2cccc(C(CC(=O)O)C3CC3)c2)cnc1-c1cccc(C(=O)O)c1. The summed E-state index contributed by atoms with van der Waals surface area (Å²) in [5.41, 5.74) is 4.77. The molecular formula is C30H33NO5. The van der Waals surface area contributed by atoms with Gasteiger partial charge in [0.25, 0.3) is 0 Å². The molecule has 0 aliphatic heterocycles. The second-order valence-electron chi connectivity index (χ2n) is 10.9. The number of pyridine rings is 1. The number of hydrogen-bond donors (Lipinski definition) is 2. The molecule has 1 aliphatic rings. The molecule has 36 heavy (non-hydrogen) atoms. The normalized spacial score (nSPS) is 14.3. The van der Waals surface area contributed by atoms with E-state index in [1.165, 1.54) is 0 Å². The average Bonchev–Trinajstić information content (AvgIpc) is 3.66. The van der Waals surface area contributed by atoms with E-state index in [0.717, 1.165) is 47.2 Å². The van der Waals surface area contributed by atoms with Crippen molar-refractivity contribution in [3.63, 3.8) is 0 Å². The smallest absolute Gasteiger partial charge is 0.335 e. The van der Waals surface area contributed by atoms with Crippen molar-refractivity contribution < 1.29 is 24.5 Å². The Kier molecular flexibility index (Phi) is 7.43. The highest BCUT2D eigenvalue weighted by atomic mass is 16.5. The van der Waals surface area contributed by atoms with Crippen LogP contribution in [0.5, 0.6) is 5.75 Å². The Morgan fingerprint density at radius 3 is 2.47 bits per heavy atom. The zero-order valence-electron chi connectivity index (χ0n) is 21.0. The van der Waals surface area contributed by atoms with Gasteiger partial charge in [-0.15, -0.1) is 0 Å². The van der Waals surface area contributed by atoms with Crippen molar-refractivity contribution in [1.82, 2.24) is 4.98 Å². The lowest BCUT2D eigenvalue weighted by Gasteiger charge is -2.21. The maximum absolute atomic E-state index is 11.5. The number of benzene rings is 2. The summed E-state index contributed by atoms with van der Waals surface area (Å²) in [4.78, 5) is 27.5. The van der Waals surface area contributed by atoms with Crippen LogP contribution in [0.1, 0.15) is 73.0 Å². The van der Waals surface area contributed by atoms with Crippen molar-refractivity contribution in [2.75, 3.05) is 0 Å². The molecule has 1 saturated carbocycles. The van der Waals surface area contributed by atoms with Crippen molar-refractivity contribution >= 4 is 11.9 Å². The fraction of sp³-hybridized carbons (Fsp3) is 0.367. The highest BCUT2D eigenvalue weighted by molar-refractivity contribution is 5.89. The molecule has 0 bridgehead atoms. The van der Waals surface area contributed by atoms with E-state index in [2.05, 4.69) is 31.8 Å². The largest absolute Gasteiger partial charge is 0.487 e. The lowest BCUT2D eigenvalue weighted by Crippen LogP contribution is -2.11. The number of aromatic nitrogens is 1. The molecule has 4 rings (SSSR count). The van der Waals surface area contributed by atoms with Crippen LogP contribution in [0.2, 0.25) is 0 Å². The Morgan fingerprint density at radius 2 is 1.81 bits per heavy atom. The summed E-state index contributed by atoms with van der Waals surface area (Å²) in [5, 5.41) is 18.7. The molecule has 1 aromatic heterocycles. The zero-order chi connectivity index (χ0) is 25.9. The zero-order valence-corrected chi connectivity index (χ0v) is 21.0. The third-order valence-electron chi connectivity index (χ3n) is 6.42. The second kappa shape index (κ2) is 10.5. The molecule has 1 atom stereocenters. The monoisotopic (exact) mass is 487 g/mol. The van der Waals surface area contributed by atoms with E-state index in [0.29, 0.717) is 18.3 Å². The minimum absolute atomic E-state index is 0.00421. The topological polar surface area (TPSA) is 96.7 Å². The number of aromatic carboxylic acids is 1. The first-order valence-electron chi connectivity index (χ1n) is 12.3. The Bertz CT molecular complexity index is 1260. The molecular weight excluding hydrogens is 454 g/mol. The van der Waals surface area contributed by atoms with Crippen molar-refractivity contribution in [2.45, 2.75) is 59.0 Å². The Hall–Kier alpha value is -3.67. The molecule has 0 spiro atoms. The van der Waals surface area contributed by atoms with E-state index < -0.39 is 11.9 Å². The van der Waals surface area contributed by atoms with Gasteiger partial charge in [-0.3, -0.25) is 9.78 Å². The molecule has 0 radical (unpaired) electrons. The average molecular weight is 488 g/mol. The first-order chi connectivity index (χ1) is 17.1. The Labute approximate surface area is 212 Å². The van der Waals surface area contributed by atoms with Crippen LogP contribution in [0.3, 0.4) is 0 Å². The molecule has 3 aromatic rings. The molecule has 1 heterocycles. The van der Waals surface area contributed by atoms with Gasteiger partial charge in [0.15, 0.2) is 0 Å². The first-order valence-corrected chi connectivity index (χ1v) is 12.3. The minimum atomic E-state index is -0.969. The van der Waals surface area contributed by atoms with Crippen LogP contribution < -0.4 is 4.74 Å². The number of carboxylic acids is 2. The number of rotatable bonds is 10. The summed E-state index contributed by atoms with van der Waals surface area (Å²) in [6.45, 7) is 6.80. The molecule has 6 heteroatoms. The number of hydrogen-bond acceptors (Lipinski definition) is 4. The fourth-order valence-corrected chi connectivity index (χ4v) is 4.66. The highest BCUT2D eigenvalue weighted by Crippen LogP contribution is 2.44. The number of ether oxygens (including phenoxy) is 1. The summed E-state index contributed by atoms with van der Waals surface area (Å²) in [5.74, 6) is -0.595. The molecule has 1 fully saturated rings. The standard InChI is InChI=1S/C30H33NO5/c1-30(2,3)16-24-14-25(17-31-28(24)22-8-5-9-23(13-22)29(34)35)36-18-19-6-4-7-21(12-19)26(15-27(32)33)20-10-11-20/h4-9,12-14,17,20,26H,10-11,15-16,18H2,1-3H3,(H,32,33)(H,34,35). The predicted molar refractivity (Wildman–Crippen MR) is 138 cm³/mol. The van der Waals surface area contributed by atoms with Crippen molar-refractivity contribution in [2.24, 2.45) is 11.3 Å². The minimum Gasteiger partial charge on any atom is -0.487 e. The molecule has 0 saturated heterocycles. The second-order valence-corrected chi connectivity index (χ2v) is 10.9. The highest BCUT2D eigenvalue weighted by Gasteiger charge is 2.33. The van der Waals surface area contributed by atoms with E-state index in [4.69, 9.17) is 4.74 Å². The third kappa shape index (κ3) is 6.72. The van der Waals surface area contributed by atoms with Crippen LogP contribution in [0, 0.1) is 11.3 Å². The van der Waals surface area contributed by atoms with Gasteiger partial charge in [-0.25, -0.2) is 4.79 Å². The molecule has 2 N–H and O–H groups in total. The molecule has 2 aromatic carbocycles. The van der Waals surface area contributed by atoms with E-state index in [9.17, 15) is 19.8 Å². The van der Waals surface area contributed by atoms with Crippen LogP contribution in [-0.4, -0.2) is 27.1 Å². The van der Waals surface area contributed by atoms with E-state index in [-0.39, 0.29) is 23.3 Å². The summed E-state index contributed by atoms with van der Waals surface area (Å²) >= 11 is 0. The van der Waals surface area contributed by atoms with Crippen LogP contribution >= 0.6 is 0 Å². The fourth-order valence-electron chi connectivity index (χ4n) is 4.66. The van der Waals surface area contributed by atoms with Gasteiger partial charge in [0.2, 0.25) is 0 Å². The van der Waals surface area contributed by atoms with Crippen LogP contribution in [0.15, 0.2) is 60.8 Å². The van der Waals surface area contributed by atoms with Gasteiger partial charge in [-0.1, -0.05) is 57.2 Å². The molecule has 1 aliphatic carbocycles. The van der Waals surface area contributed by atoms with E-state index in [1.54, 1.807) is 24.4 Å². The van der Waals surface area contributed by atoms with Gasteiger partial charge in [0.1, 0.15) is 12.4 Å². The van der Waals surface area contributed by atoms with E-state index >= 15 is 0 Å². The van der Waals surface area contributed by atoms with Gasteiger partial charge >= 0.3 is 11.9 Å². The number of nitrogens with zero attached hydrogens (tertiary/aromatic N) is 1. The number of aliphatic carboxylic acids is 1. The lowest BCUT2D eigenvalue weighted by molar-refractivity contribution is -0.137. The maximum Gasteiger partial charge on any atom is 0.335 e. The van der Waals surface area contributed by atoms with Crippen LogP contribution in [-0.2, 0) is 17.8 Å². The predicted octanol–water partition coefficient (Wildman–Crippen LogP) is 6.58. The summed E-state index contributed by atoms with van der Waals surface area (Å²) in [7, 11) is 0. The molecule has 6 nitrogen and oxygen atoms in total. The van der Waals surface area contributed by atoms with Crippen LogP contribution in [0.4, 0.5) is 0 Å². The van der Waals surface area contributed by atoms with E-state index in [1.807, 2.05) is 30.3 Å². The van der Waals surface area contributed by atoms with Crippen molar-refractivity contribution in [3.8, 4) is 17.0 Å². The van der Waals surface area contributed by atoms with Gasteiger partial charge in [-0.05, 0) is 71.4 Å².